The molecule has 0 bridgehead atoms. The third-order valence-corrected chi connectivity index (χ3v) is 4.49. The van der Waals surface area contributed by atoms with Crippen molar-refractivity contribution in [3.8, 4) is 11.1 Å². The first-order chi connectivity index (χ1) is 11.2. The van der Waals surface area contributed by atoms with Crippen LogP contribution in [0.25, 0.3) is 11.1 Å². The Morgan fingerprint density at radius 2 is 1.70 bits per heavy atom. The summed E-state index contributed by atoms with van der Waals surface area (Å²) in [5.74, 6) is -0.222. The van der Waals surface area contributed by atoms with Gasteiger partial charge in [0.05, 0.1) is 6.10 Å². The second kappa shape index (κ2) is 7.21. The molecule has 122 valence electrons. The molecule has 3 N–H and O–H groups in total. The van der Waals surface area contributed by atoms with Crippen molar-refractivity contribution in [2.45, 2.75) is 32.0 Å². The van der Waals surface area contributed by atoms with Crippen molar-refractivity contribution in [3.63, 3.8) is 0 Å². The van der Waals surface area contributed by atoms with Gasteiger partial charge in [-0.1, -0.05) is 30.3 Å². The maximum Gasteiger partial charge on any atom is 0.131 e. The molecule has 3 nitrogen and oxygen atoms in total. The van der Waals surface area contributed by atoms with Gasteiger partial charge in [-0.15, -0.1) is 0 Å². The molecular weight excluding hydrogens is 291 g/mol. The molecule has 0 unspecified atom stereocenters. The number of aliphatic hydroxyl groups is 1. The summed E-state index contributed by atoms with van der Waals surface area (Å²) in [4.78, 5) is 2.34. The van der Waals surface area contributed by atoms with Crippen LogP contribution in [0, 0.1) is 5.82 Å². The lowest BCUT2D eigenvalue weighted by molar-refractivity contribution is 0.0792. The topological polar surface area (TPSA) is 49.5 Å². The van der Waals surface area contributed by atoms with Gasteiger partial charge in [-0.25, -0.2) is 4.39 Å². The number of halogens is 1. The minimum Gasteiger partial charge on any atom is -0.393 e. The zero-order valence-corrected chi connectivity index (χ0v) is 13.2. The van der Waals surface area contributed by atoms with E-state index in [4.69, 9.17) is 5.73 Å². The van der Waals surface area contributed by atoms with E-state index in [-0.39, 0.29) is 11.9 Å². The molecule has 0 radical (unpaired) electrons. The smallest absolute Gasteiger partial charge is 0.131 e. The molecule has 1 saturated heterocycles. The molecule has 0 atom stereocenters. The average Bonchev–Trinajstić information content (AvgIpc) is 2.58. The molecule has 0 aliphatic carbocycles. The summed E-state index contributed by atoms with van der Waals surface area (Å²) < 4.78 is 14.0. The van der Waals surface area contributed by atoms with Crippen molar-refractivity contribution in [1.82, 2.24) is 4.90 Å². The highest BCUT2D eigenvalue weighted by molar-refractivity contribution is 5.65. The van der Waals surface area contributed by atoms with Crippen molar-refractivity contribution < 1.29 is 9.50 Å². The van der Waals surface area contributed by atoms with Gasteiger partial charge in [0, 0.05) is 31.7 Å². The quantitative estimate of drug-likeness (QED) is 0.912. The lowest BCUT2D eigenvalue weighted by Gasteiger charge is -2.29. The van der Waals surface area contributed by atoms with Crippen molar-refractivity contribution in [2.24, 2.45) is 5.73 Å². The molecule has 23 heavy (non-hydrogen) atoms. The summed E-state index contributed by atoms with van der Waals surface area (Å²) >= 11 is 0. The summed E-state index contributed by atoms with van der Waals surface area (Å²) in [6.07, 6.45) is 1.54. The van der Waals surface area contributed by atoms with E-state index in [0.717, 1.165) is 43.6 Å². The molecule has 0 spiro atoms. The molecule has 1 heterocycles. The number of piperidine rings is 1. The summed E-state index contributed by atoms with van der Waals surface area (Å²) in [5.41, 5.74) is 9.24. The first kappa shape index (κ1) is 16.1. The van der Waals surface area contributed by atoms with Gasteiger partial charge >= 0.3 is 0 Å². The Morgan fingerprint density at radius 3 is 2.35 bits per heavy atom. The number of likely N-dealkylation sites (tertiary alicyclic amines) is 1. The third kappa shape index (κ3) is 3.96. The number of aliphatic hydroxyl groups excluding tert-OH is 1. The zero-order chi connectivity index (χ0) is 16.2. The standard InChI is InChI=1S/C19H23FN2O/c20-19-6-3-15(12-21)11-18(19)16-4-1-14(2-5-16)13-22-9-7-17(23)8-10-22/h1-6,11,17,23H,7-10,12-13,21H2. The van der Waals surface area contributed by atoms with Crippen molar-refractivity contribution in [1.29, 1.82) is 0 Å². The minimum atomic E-state index is -0.222. The van der Waals surface area contributed by atoms with Crippen LogP contribution in [-0.2, 0) is 13.1 Å². The van der Waals surface area contributed by atoms with E-state index in [1.165, 1.54) is 11.6 Å². The van der Waals surface area contributed by atoms with Crippen LogP contribution in [0.2, 0.25) is 0 Å². The van der Waals surface area contributed by atoms with Crippen LogP contribution >= 0.6 is 0 Å². The van der Waals surface area contributed by atoms with Crippen molar-refractivity contribution in [2.75, 3.05) is 13.1 Å². The Bertz CT molecular complexity index is 649. The molecule has 0 saturated carbocycles. The van der Waals surface area contributed by atoms with Gasteiger partial charge < -0.3 is 10.8 Å². The van der Waals surface area contributed by atoms with E-state index in [1.54, 1.807) is 6.07 Å². The van der Waals surface area contributed by atoms with Crippen LogP contribution in [0.3, 0.4) is 0 Å². The Balaban J connectivity index is 1.72. The molecule has 3 rings (SSSR count). The molecule has 4 heteroatoms. The van der Waals surface area contributed by atoms with Crippen LogP contribution < -0.4 is 5.73 Å². The highest BCUT2D eigenvalue weighted by Gasteiger charge is 2.16. The van der Waals surface area contributed by atoms with Crippen LogP contribution in [0.5, 0.6) is 0 Å². The number of hydrogen-bond donors (Lipinski definition) is 2. The van der Waals surface area contributed by atoms with Gasteiger partial charge in [-0.05, 0) is 41.7 Å². The Kier molecular flexibility index (Phi) is 5.06. The van der Waals surface area contributed by atoms with E-state index in [1.807, 2.05) is 18.2 Å². The fourth-order valence-corrected chi connectivity index (χ4v) is 3.05. The molecule has 1 aliphatic heterocycles. The molecule has 0 amide bonds. The van der Waals surface area contributed by atoms with Gasteiger partial charge in [0.1, 0.15) is 5.82 Å². The lowest BCUT2D eigenvalue weighted by Crippen LogP contribution is -2.35. The number of rotatable bonds is 4. The zero-order valence-electron chi connectivity index (χ0n) is 13.2. The minimum absolute atomic E-state index is 0.147. The second-order valence-electron chi connectivity index (χ2n) is 6.22. The van der Waals surface area contributed by atoms with Gasteiger partial charge in [0.25, 0.3) is 0 Å². The fourth-order valence-electron chi connectivity index (χ4n) is 3.05. The molecular formula is C19H23FN2O. The number of nitrogens with zero attached hydrogens (tertiary/aromatic N) is 1. The first-order valence-electron chi connectivity index (χ1n) is 8.14. The highest BCUT2D eigenvalue weighted by Crippen LogP contribution is 2.25. The van der Waals surface area contributed by atoms with Crippen LogP contribution in [0.4, 0.5) is 4.39 Å². The summed E-state index contributed by atoms with van der Waals surface area (Å²) in [6.45, 7) is 3.14. The highest BCUT2D eigenvalue weighted by atomic mass is 19.1. The van der Waals surface area contributed by atoms with Crippen LogP contribution in [-0.4, -0.2) is 29.2 Å². The molecule has 0 aromatic heterocycles. The predicted molar refractivity (Wildman–Crippen MR) is 90.2 cm³/mol. The Morgan fingerprint density at radius 1 is 1.04 bits per heavy atom. The molecule has 2 aromatic rings. The Labute approximate surface area is 136 Å². The monoisotopic (exact) mass is 314 g/mol. The second-order valence-corrected chi connectivity index (χ2v) is 6.22. The van der Waals surface area contributed by atoms with E-state index < -0.39 is 0 Å². The molecule has 2 aromatic carbocycles. The van der Waals surface area contributed by atoms with E-state index in [9.17, 15) is 9.50 Å². The third-order valence-electron chi connectivity index (χ3n) is 4.49. The van der Waals surface area contributed by atoms with Crippen molar-refractivity contribution >= 4 is 0 Å². The van der Waals surface area contributed by atoms with Crippen LogP contribution in [0.15, 0.2) is 42.5 Å². The number of hydrogen-bond acceptors (Lipinski definition) is 3. The van der Waals surface area contributed by atoms with Gasteiger partial charge in [-0.2, -0.15) is 0 Å². The van der Waals surface area contributed by atoms with E-state index in [0.29, 0.717) is 12.1 Å². The summed E-state index contributed by atoms with van der Waals surface area (Å²) in [5, 5.41) is 9.55. The predicted octanol–water partition coefficient (Wildman–Crippen LogP) is 2.91. The van der Waals surface area contributed by atoms with Crippen LogP contribution in [0.1, 0.15) is 24.0 Å². The molecule has 1 fully saturated rings. The SMILES string of the molecule is NCc1ccc(F)c(-c2ccc(CN3CCC(O)CC3)cc2)c1. The lowest BCUT2D eigenvalue weighted by atomic mass is 10.0. The maximum absolute atomic E-state index is 14.0. The average molecular weight is 314 g/mol. The van der Waals surface area contributed by atoms with Gasteiger partial charge in [0.15, 0.2) is 0 Å². The van der Waals surface area contributed by atoms with Gasteiger partial charge in [-0.3, -0.25) is 4.90 Å². The first-order valence-corrected chi connectivity index (χ1v) is 8.14. The largest absolute Gasteiger partial charge is 0.393 e. The maximum atomic E-state index is 14.0. The van der Waals surface area contributed by atoms with Crippen molar-refractivity contribution in [3.05, 3.63) is 59.4 Å². The molecule has 1 aliphatic rings. The summed E-state index contributed by atoms with van der Waals surface area (Å²) in [6, 6.07) is 13.0. The van der Waals surface area contributed by atoms with E-state index in [2.05, 4.69) is 17.0 Å². The fraction of sp³-hybridized carbons (Fsp3) is 0.368. The van der Waals surface area contributed by atoms with E-state index >= 15 is 0 Å². The normalized spacial score (nSPS) is 16.7. The Hall–Kier alpha value is -1.75. The number of nitrogens with two attached hydrogens (primary N) is 1. The van der Waals surface area contributed by atoms with Gasteiger partial charge in [0.2, 0.25) is 0 Å². The summed E-state index contributed by atoms with van der Waals surface area (Å²) in [7, 11) is 0. The number of benzene rings is 2.